The van der Waals surface area contributed by atoms with Gasteiger partial charge in [0.05, 0.1) is 0 Å². The van der Waals surface area contributed by atoms with Gasteiger partial charge in [0.25, 0.3) is 0 Å². The zero-order chi connectivity index (χ0) is 55.3. The number of hydrogen-bond acceptors (Lipinski definition) is 8. The summed E-state index contributed by atoms with van der Waals surface area (Å²) in [5.41, 5.74) is 3.86. The maximum atomic E-state index is 12.4. The van der Waals surface area contributed by atoms with Crippen LogP contribution >= 0.6 is 63.7 Å². The lowest BCUT2D eigenvalue weighted by Crippen LogP contribution is -2.12. The number of hydrogen-bond donors (Lipinski definition) is 8. The lowest BCUT2D eigenvalue weighted by molar-refractivity contribution is 0.413. The number of fused-ring (bicyclic) bond motifs is 8. The summed E-state index contributed by atoms with van der Waals surface area (Å²) in [6.45, 7) is 8.83. The fraction of sp³-hybridized carbons (Fsp3) is 0.625. The van der Waals surface area contributed by atoms with Gasteiger partial charge in [0.15, 0.2) is 0 Å². The number of halogens is 4. The first-order valence-corrected chi connectivity index (χ1v) is 32.8. The molecule has 0 fully saturated rings. The molecule has 5 rings (SSSR count). The van der Waals surface area contributed by atoms with Gasteiger partial charge in [-0.2, -0.15) is 0 Å². The second-order valence-electron chi connectivity index (χ2n) is 22.1. The Kier molecular flexibility index (Phi) is 27.9. The maximum absolute atomic E-state index is 12.4. The first kappa shape index (κ1) is 64.0. The standard InChI is InChI=1S/C64H92Br4O8/c1-5-9-13-17-21-25-29-33-41-45-37-47(59(71)53(65)57(45)69)42(34-30-26-22-18-14-10-6-2)49-39-51(63(75)55(67)61(49)73)44(36-32-28-24-20-16-12-8-4)52-40-50(62(74)56(68)64(52)76)43(35-31-27-23-19-15-11-7-3)48-38-46(41)58(70)54(66)60(48)72/h37-44,69-76H,5-36H2,1-4H3. The summed E-state index contributed by atoms with van der Waals surface area (Å²) in [5.74, 6) is -3.82. The molecule has 0 aromatic heterocycles. The van der Waals surface area contributed by atoms with E-state index in [-0.39, 0.29) is 63.9 Å². The topological polar surface area (TPSA) is 162 Å². The first-order valence-electron chi connectivity index (χ1n) is 29.6. The molecule has 424 valence electrons. The Labute approximate surface area is 490 Å². The second-order valence-corrected chi connectivity index (χ2v) is 25.3. The van der Waals surface area contributed by atoms with Crippen LogP contribution in [0.15, 0.2) is 42.2 Å². The summed E-state index contributed by atoms with van der Waals surface area (Å²) in [4.78, 5) is 0. The van der Waals surface area contributed by atoms with Crippen LogP contribution in [0.4, 0.5) is 0 Å². The highest BCUT2D eigenvalue weighted by Crippen LogP contribution is 2.58. The molecular weight excluding hydrogens is 1220 g/mol. The summed E-state index contributed by atoms with van der Waals surface area (Å²) in [7, 11) is 0. The van der Waals surface area contributed by atoms with Crippen molar-refractivity contribution in [1.29, 1.82) is 0 Å². The molecule has 0 heterocycles. The van der Waals surface area contributed by atoms with Crippen LogP contribution < -0.4 is 0 Å². The van der Waals surface area contributed by atoms with Crippen LogP contribution in [0.3, 0.4) is 0 Å². The molecule has 0 saturated heterocycles. The van der Waals surface area contributed by atoms with E-state index in [9.17, 15) is 40.9 Å². The summed E-state index contributed by atoms with van der Waals surface area (Å²) in [6.07, 6.45) is 31.4. The summed E-state index contributed by atoms with van der Waals surface area (Å²) < 4.78 is 0.421. The molecule has 0 saturated carbocycles. The van der Waals surface area contributed by atoms with Crippen molar-refractivity contribution < 1.29 is 40.9 Å². The minimum atomic E-state index is -0.633. The van der Waals surface area contributed by atoms with Crippen LogP contribution in [-0.4, -0.2) is 40.9 Å². The molecule has 8 bridgehead atoms. The van der Waals surface area contributed by atoms with E-state index in [1.807, 2.05) is 24.3 Å². The molecule has 0 unspecified atom stereocenters. The fourth-order valence-corrected chi connectivity index (χ4v) is 13.8. The van der Waals surface area contributed by atoms with E-state index in [0.717, 1.165) is 154 Å². The summed E-state index contributed by atoms with van der Waals surface area (Å²) >= 11 is 14.6. The monoisotopic (exact) mass is 1300 g/mol. The van der Waals surface area contributed by atoms with Gasteiger partial charge in [-0.05, 0) is 114 Å². The molecule has 0 aliphatic heterocycles. The van der Waals surface area contributed by atoms with Gasteiger partial charge >= 0.3 is 0 Å². The number of aromatic hydroxyl groups is 8. The SMILES string of the molecule is CCCCCCCCCC1c2cc(c(O)c(Br)c2O)C(CCCCCCCCC)c2cc(c(O)c(Br)c2O)C(CCCCCCCCC)c2cc(c(O)c(Br)c2O)C(CCCCCCCCC)c2cc1c(O)c(Br)c2O. The molecule has 8 N–H and O–H groups in total. The van der Waals surface area contributed by atoms with Gasteiger partial charge in [0, 0.05) is 68.2 Å². The quantitative estimate of drug-likeness (QED) is 0.0224. The van der Waals surface area contributed by atoms with Crippen LogP contribution in [0.5, 0.6) is 46.0 Å². The van der Waals surface area contributed by atoms with Crippen LogP contribution in [0.1, 0.15) is 301 Å². The molecule has 12 heteroatoms. The zero-order valence-electron chi connectivity index (χ0n) is 46.3. The van der Waals surface area contributed by atoms with Gasteiger partial charge in [-0.15, -0.1) is 0 Å². The van der Waals surface area contributed by atoms with Gasteiger partial charge in [-0.1, -0.05) is 207 Å². The summed E-state index contributed by atoms with van der Waals surface area (Å²) in [6, 6.07) is 7.40. The Morgan fingerprint density at radius 2 is 0.368 bits per heavy atom. The highest BCUT2D eigenvalue weighted by atomic mass is 79.9. The van der Waals surface area contributed by atoms with Crippen LogP contribution in [0.2, 0.25) is 0 Å². The average Bonchev–Trinajstić information content (AvgIpc) is 3.41. The van der Waals surface area contributed by atoms with Crippen molar-refractivity contribution in [3.63, 3.8) is 0 Å². The van der Waals surface area contributed by atoms with E-state index in [0.29, 0.717) is 70.2 Å². The van der Waals surface area contributed by atoms with Crippen molar-refractivity contribution in [2.75, 3.05) is 0 Å². The highest BCUT2D eigenvalue weighted by molar-refractivity contribution is 9.11. The second kappa shape index (κ2) is 33.1. The highest BCUT2D eigenvalue weighted by Gasteiger charge is 2.36. The third-order valence-corrected chi connectivity index (χ3v) is 19.5. The lowest BCUT2D eigenvalue weighted by Gasteiger charge is -2.30. The Bertz CT molecular complexity index is 1990. The average molecular weight is 1310 g/mol. The third-order valence-electron chi connectivity index (χ3n) is 16.5. The molecule has 0 atom stereocenters. The van der Waals surface area contributed by atoms with Crippen LogP contribution in [0, 0.1) is 0 Å². The van der Waals surface area contributed by atoms with E-state index < -0.39 is 23.7 Å². The number of phenols is 8. The predicted octanol–water partition coefficient (Wildman–Crippen LogP) is 21.8. The van der Waals surface area contributed by atoms with Crippen molar-refractivity contribution in [3.8, 4) is 46.0 Å². The molecule has 4 aromatic carbocycles. The lowest BCUT2D eigenvalue weighted by atomic mass is 9.76. The zero-order valence-corrected chi connectivity index (χ0v) is 52.7. The van der Waals surface area contributed by atoms with Crippen LogP contribution in [-0.2, 0) is 0 Å². The van der Waals surface area contributed by atoms with Crippen molar-refractivity contribution in [3.05, 3.63) is 86.7 Å². The van der Waals surface area contributed by atoms with Gasteiger partial charge in [-0.25, -0.2) is 0 Å². The Morgan fingerprint density at radius 3 is 0.513 bits per heavy atom. The van der Waals surface area contributed by atoms with E-state index in [2.05, 4.69) is 91.4 Å². The minimum Gasteiger partial charge on any atom is -0.506 e. The van der Waals surface area contributed by atoms with Gasteiger partial charge < -0.3 is 40.9 Å². The molecule has 0 spiro atoms. The first-order chi connectivity index (χ1) is 36.7. The molecule has 76 heavy (non-hydrogen) atoms. The van der Waals surface area contributed by atoms with Gasteiger partial charge in [0.2, 0.25) is 0 Å². The molecule has 0 radical (unpaired) electrons. The maximum Gasteiger partial charge on any atom is 0.137 e. The summed E-state index contributed by atoms with van der Waals surface area (Å²) in [5, 5.41) is 99.0. The van der Waals surface area contributed by atoms with Crippen molar-refractivity contribution in [2.24, 2.45) is 0 Å². The number of unbranched alkanes of at least 4 members (excludes halogenated alkanes) is 24. The predicted molar refractivity (Wildman–Crippen MR) is 328 cm³/mol. The molecule has 8 nitrogen and oxygen atoms in total. The molecule has 1 aliphatic rings. The van der Waals surface area contributed by atoms with Crippen LogP contribution in [0.25, 0.3) is 0 Å². The molecule has 4 aromatic rings. The van der Waals surface area contributed by atoms with E-state index in [1.54, 1.807) is 0 Å². The molecule has 1 aliphatic carbocycles. The number of rotatable bonds is 32. The van der Waals surface area contributed by atoms with E-state index in [4.69, 9.17) is 0 Å². The van der Waals surface area contributed by atoms with E-state index >= 15 is 0 Å². The largest absolute Gasteiger partial charge is 0.506 e. The molecular formula is C64H92Br4O8. The van der Waals surface area contributed by atoms with Crippen molar-refractivity contribution >= 4 is 63.7 Å². The van der Waals surface area contributed by atoms with Gasteiger partial charge in [-0.3, -0.25) is 0 Å². The third kappa shape index (κ3) is 16.6. The Hall–Kier alpha value is -2.80. The van der Waals surface area contributed by atoms with Crippen molar-refractivity contribution in [2.45, 2.75) is 257 Å². The molecule has 0 amide bonds. The van der Waals surface area contributed by atoms with Crippen molar-refractivity contribution in [1.82, 2.24) is 0 Å². The van der Waals surface area contributed by atoms with E-state index in [1.165, 1.54) is 25.7 Å². The van der Waals surface area contributed by atoms with Gasteiger partial charge in [0.1, 0.15) is 63.9 Å². The number of phenolic OH excluding ortho intramolecular Hbond substituents is 8. The number of benzene rings is 4. The smallest absolute Gasteiger partial charge is 0.137 e. The normalized spacial score (nSPS) is 16.4. The fourth-order valence-electron chi connectivity index (χ4n) is 11.9. The minimum absolute atomic E-state index is 0.105. The Morgan fingerprint density at radius 1 is 0.237 bits per heavy atom. The Balaban J connectivity index is 1.87.